The second kappa shape index (κ2) is 9.71. The highest BCUT2D eigenvalue weighted by Gasteiger charge is 2.39. The Morgan fingerprint density at radius 2 is 1.83 bits per heavy atom. The molecule has 2 aromatic heterocycles. The highest BCUT2D eigenvalue weighted by Crippen LogP contribution is 2.34. The van der Waals surface area contributed by atoms with Crippen molar-refractivity contribution in [3.8, 4) is 0 Å². The minimum Gasteiger partial charge on any atom is -0.317 e. The molecule has 0 spiro atoms. The Bertz CT molecular complexity index is 1280. The lowest BCUT2D eigenvalue weighted by molar-refractivity contribution is -0.140. The van der Waals surface area contributed by atoms with Crippen molar-refractivity contribution >= 4 is 35.1 Å². The van der Waals surface area contributed by atoms with Gasteiger partial charge in [-0.05, 0) is 42.5 Å². The first-order valence-electron chi connectivity index (χ1n) is 10.1. The summed E-state index contributed by atoms with van der Waals surface area (Å²) in [6, 6.07) is 8.78. The summed E-state index contributed by atoms with van der Waals surface area (Å²) in [7, 11) is 0. The zero-order chi connectivity index (χ0) is 25.2. The molecule has 0 fully saturated rings. The van der Waals surface area contributed by atoms with Crippen LogP contribution in [0.25, 0.3) is 0 Å². The standard InChI is InChI=1S/C23H16ClF4N5O2/c24-15-6-7-18(29-12-15)31-21(34)14-5-8-19(30-11-14)32-9-2-10-33(13-32)22(35)16-3-1-4-17(25)20(16)23(26,27)28/h1-9,11-12H,10,13H2,(H,29,31,34). The fourth-order valence-electron chi connectivity index (χ4n) is 3.38. The molecular weight excluding hydrogens is 490 g/mol. The molecule has 0 saturated heterocycles. The maximum absolute atomic E-state index is 13.9. The van der Waals surface area contributed by atoms with E-state index in [0.29, 0.717) is 22.7 Å². The highest BCUT2D eigenvalue weighted by molar-refractivity contribution is 6.30. The van der Waals surface area contributed by atoms with E-state index >= 15 is 0 Å². The molecule has 0 atom stereocenters. The van der Waals surface area contributed by atoms with Crippen molar-refractivity contribution in [2.24, 2.45) is 0 Å². The molecule has 1 N–H and O–H groups in total. The summed E-state index contributed by atoms with van der Waals surface area (Å²) in [5.74, 6) is -2.31. The summed E-state index contributed by atoms with van der Waals surface area (Å²) in [6.45, 7) is -0.103. The number of rotatable bonds is 4. The molecule has 1 aliphatic rings. The van der Waals surface area contributed by atoms with Crippen LogP contribution >= 0.6 is 11.6 Å². The quantitative estimate of drug-likeness (QED) is 0.506. The van der Waals surface area contributed by atoms with Gasteiger partial charge in [0.1, 0.15) is 23.0 Å². The Hall–Kier alpha value is -3.99. The predicted octanol–water partition coefficient (Wildman–Crippen LogP) is 4.97. The monoisotopic (exact) mass is 505 g/mol. The van der Waals surface area contributed by atoms with Gasteiger partial charge in [-0.1, -0.05) is 17.7 Å². The maximum Gasteiger partial charge on any atom is 0.420 e. The second-order valence-corrected chi connectivity index (χ2v) is 7.84. The van der Waals surface area contributed by atoms with Gasteiger partial charge >= 0.3 is 6.18 Å². The van der Waals surface area contributed by atoms with E-state index in [1.54, 1.807) is 18.3 Å². The lowest BCUT2D eigenvalue weighted by Gasteiger charge is -2.32. The van der Waals surface area contributed by atoms with E-state index in [4.69, 9.17) is 11.6 Å². The number of halogens is 5. The summed E-state index contributed by atoms with van der Waals surface area (Å²) in [5.41, 5.74) is -2.15. The molecule has 12 heteroatoms. The van der Waals surface area contributed by atoms with Crippen LogP contribution in [-0.2, 0) is 6.18 Å². The Balaban J connectivity index is 1.48. The van der Waals surface area contributed by atoms with E-state index in [-0.39, 0.29) is 18.8 Å². The number of hydrogen-bond donors (Lipinski definition) is 1. The predicted molar refractivity (Wildman–Crippen MR) is 120 cm³/mol. The number of nitrogens with one attached hydrogen (secondary N) is 1. The molecule has 0 aliphatic carbocycles. The summed E-state index contributed by atoms with van der Waals surface area (Å²) in [5, 5.41) is 3.01. The normalized spacial score (nSPS) is 13.6. The largest absolute Gasteiger partial charge is 0.420 e. The highest BCUT2D eigenvalue weighted by atomic mass is 35.5. The van der Waals surface area contributed by atoms with Gasteiger partial charge in [0.15, 0.2) is 0 Å². The summed E-state index contributed by atoms with van der Waals surface area (Å²) in [4.78, 5) is 36.1. The minimum absolute atomic E-state index is 0.0255. The Morgan fingerprint density at radius 3 is 2.49 bits per heavy atom. The van der Waals surface area contributed by atoms with E-state index in [2.05, 4.69) is 15.3 Å². The van der Waals surface area contributed by atoms with Gasteiger partial charge in [-0.15, -0.1) is 0 Å². The average molecular weight is 506 g/mol. The van der Waals surface area contributed by atoms with Crippen LogP contribution in [0.2, 0.25) is 5.02 Å². The van der Waals surface area contributed by atoms with Crippen molar-refractivity contribution in [2.45, 2.75) is 6.18 Å². The lowest BCUT2D eigenvalue weighted by atomic mass is 10.0. The number of benzene rings is 1. The van der Waals surface area contributed by atoms with Crippen molar-refractivity contribution in [1.82, 2.24) is 14.9 Å². The first-order chi connectivity index (χ1) is 16.6. The zero-order valence-corrected chi connectivity index (χ0v) is 18.5. The summed E-state index contributed by atoms with van der Waals surface area (Å²) in [6.07, 6.45) is 0.836. The maximum atomic E-state index is 13.9. The van der Waals surface area contributed by atoms with Gasteiger partial charge in [-0.25, -0.2) is 14.4 Å². The molecule has 0 saturated carbocycles. The topological polar surface area (TPSA) is 78.4 Å². The van der Waals surface area contributed by atoms with Gasteiger partial charge in [0.25, 0.3) is 11.8 Å². The summed E-state index contributed by atoms with van der Waals surface area (Å²) >= 11 is 5.77. The van der Waals surface area contributed by atoms with Gasteiger partial charge in [0, 0.05) is 25.1 Å². The van der Waals surface area contributed by atoms with Crippen LogP contribution in [0.1, 0.15) is 26.3 Å². The van der Waals surface area contributed by atoms with Crippen LogP contribution in [0, 0.1) is 5.82 Å². The molecule has 3 heterocycles. The van der Waals surface area contributed by atoms with Crippen molar-refractivity contribution < 1.29 is 27.2 Å². The van der Waals surface area contributed by atoms with Crippen molar-refractivity contribution in [3.63, 3.8) is 0 Å². The fourth-order valence-corrected chi connectivity index (χ4v) is 3.49. The number of nitrogens with zero attached hydrogens (tertiary/aromatic N) is 4. The SMILES string of the molecule is O=C(Nc1ccc(Cl)cn1)c1ccc(N2C=CCN(C(=O)c3cccc(F)c3C(F)(F)F)C2)nc1. The Labute approximate surface area is 201 Å². The molecular formula is C23H16ClF4N5O2. The van der Waals surface area contributed by atoms with E-state index < -0.39 is 34.9 Å². The fraction of sp³-hybridized carbons (Fsp3) is 0.130. The zero-order valence-electron chi connectivity index (χ0n) is 17.8. The van der Waals surface area contributed by atoms with Crippen LogP contribution in [0.15, 0.2) is 67.1 Å². The van der Waals surface area contributed by atoms with Gasteiger partial charge in [-0.2, -0.15) is 13.2 Å². The van der Waals surface area contributed by atoms with Crippen LogP contribution in [0.4, 0.5) is 29.2 Å². The van der Waals surface area contributed by atoms with Gasteiger partial charge in [-0.3, -0.25) is 9.59 Å². The molecule has 2 amide bonds. The number of amides is 2. The number of alkyl halides is 3. The molecule has 1 aliphatic heterocycles. The smallest absolute Gasteiger partial charge is 0.317 e. The Morgan fingerprint density at radius 1 is 1.03 bits per heavy atom. The third kappa shape index (κ3) is 5.40. The molecule has 3 aromatic rings. The molecule has 35 heavy (non-hydrogen) atoms. The van der Waals surface area contributed by atoms with Crippen LogP contribution < -0.4 is 10.2 Å². The first kappa shape index (κ1) is 24.1. The minimum atomic E-state index is -5.03. The van der Waals surface area contributed by atoms with E-state index in [1.165, 1.54) is 35.5 Å². The van der Waals surface area contributed by atoms with Crippen LogP contribution in [0.3, 0.4) is 0 Å². The molecule has 0 unspecified atom stereocenters. The van der Waals surface area contributed by atoms with Crippen LogP contribution in [-0.4, -0.2) is 39.9 Å². The van der Waals surface area contributed by atoms with Crippen molar-refractivity contribution in [1.29, 1.82) is 0 Å². The number of anilines is 2. The van der Waals surface area contributed by atoms with Crippen molar-refractivity contribution in [3.05, 3.63) is 94.7 Å². The van der Waals surface area contributed by atoms with Gasteiger partial charge in [0.05, 0.1) is 22.8 Å². The van der Waals surface area contributed by atoms with Crippen LogP contribution in [0.5, 0.6) is 0 Å². The van der Waals surface area contributed by atoms with Gasteiger partial charge in [0.2, 0.25) is 0 Å². The number of aromatic nitrogens is 2. The molecule has 1 aromatic carbocycles. The third-order valence-corrected chi connectivity index (χ3v) is 5.25. The molecule has 7 nitrogen and oxygen atoms in total. The molecule has 0 bridgehead atoms. The molecule has 0 radical (unpaired) electrons. The number of hydrogen-bond acceptors (Lipinski definition) is 5. The third-order valence-electron chi connectivity index (χ3n) is 5.02. The number of carbonyl (C=O) groups is 2. The Kier molecular flexibility index (Phi) is 6.70. The van der Waals surface area contributed by atoms with Crippen molar-refractivity contribution in [2.75, 3.05) is 23.4 Å². The number of pyridine rings is 2. The molecule has 180 valence electrons. The first-order valence-corrected chi connectivity index (χ1v) is 10.5. The molecule has 4 rings (SSSR count). The van der Waals surface area contributed by atoms with E-state index in [1.807, 2.05) is 0 Å². The second-order valence-electron chi connectivity index (χ2n) is 7.40. The average Bonchev–Trinajstić information content (AvgIpc) is 2.84. The van der Waals surface area contributed by atoms with E-state index in [0.717, 1.165) is 17.0 Å². The lowest BCUT2D eigenvalue weighted by Crippen LogP contribution is -2.43. The number of carbonyl (C=O) groups excluding carboxylic acids is 2. The summed E-state index contributed by atoms with van der Waals surface area (Å²) < 4.78 is 54.0. The van der Waals surface area contributed by atoms with E-state index in [9.17, 15) is 27.2 Å². The van der Waals surface area contributed by atoms with Gasteiger partial charge < -0.3 is 15.1 Å².